The molecule has 0 heterocycles. The van der Waals surface area contributed by atoms with Gasteiger partial charge in [-0.15, -0.1) is 0 Å². The molecule has 0 saturated heterocycles. The van der Waals surface area contributed by atoms with Crippen LogP contribution in [0.4, 0.5) is 11.4 Å². The molecule has 0 aliphatic heterocycles. The van der Waals surface area contributed by atoms with Crippen molar-refractivity contribution in [3.8, 4) is 0 Å². The summed E-state index contributed by atoms with van der Waals surface area (Å²) >= 11 is 0. The van der Waals surface area contributed by atoms with E-state index in [-0.39, 0.29) is 11.4 Å². The van der Waals surface area contributed by atoms with Gasteiger partial charge >= 0.3 is 0 Å². The number of nitro benzene ring substituents is 2. The van der Waals surface area contributed by atoms with Crippen LogP contribution in [-0.4, -0.2) is 9.85 Å². The fourth-order valence-electron chi connectivity index (χ4n) is 2.76. The van der Waals surface area contributed by atoms with Crippen molar-refractivity contribution in [3.63, 3.8) is 0 Å². The SMILES string of the molecule is O=[N+]([O-])c1ccccc1/C=C/c1ccccc1/C=C/c1ccccc1[N+](=O)[O-]. The molecule has 3 aromatic rings. The molecule has 0 unspecified atom stereocenters. The van der Waals surface area contributed by atoms with Gasteiger partial charge in [-0.1, -0.05) is 60.7 Å². The van der Waals surface area contributed by atoms with Crippen molar-refractivity contribution < 1.29 is 9.85 Å². The second-order valence-corrected chi connectivity index (χ2v) is 5.93. The van der Waals surface area contributed by atoms with Crippen molar-refractivity contribution in [1.29, 1.82) is 0 Å². The maximum Gasteiger partial charge on any atom is 0.276 e. The molecule has 3 rings (SSSR count). The Morgan fingerprint density at radius 1 is 0.500 bits per heavy atom. The zero-order chi connectivity index (χ0) is 19.9. The van der Waals surface area contributed by atoms with E-state index in [0.717, 1.165) is 11.1 Å². The largest absolute Gasteiger partial charge is 0.276 e. The third-order valence-corrected chi connectivity index (χ3v) is 4.15. The predicted octanol–water partition coefficient (Wildman–Crippen LogP) is 5.84. The highest BCUT2D eigenvalue weighted by Crippen LogP contribution is 2.24. The second kappa shape index (κ2) is 8.55. The van der Waals surface area contributed by atoms with Crippen LogP contribution in [0, 0.1) is 20.2 Å². The van der Waals surface area contributed by atoms with Crippen LogP contribution >= 0.6 is 0 Å². The maximum absolute atomic E-state index is 11.2. The summed E-state index contributed by atoms with van der Waals surface area (Å²) in [6.07, 6.45) is 6.97. The first-order valence-electron chi connectivity index (χ1n) is 8.48. The standard InChI is InChI=1S/C22H16N2O4/c25-23(26)21-11-5-3-9-19(21)15-13-17-7-1-2-8-18(17)14-16-20-10-4-6-12-22(20)24(27)28/h1-16H/b15-13+,16-14+. The minimum absolute atomic E-state index is 0.0340. The average molecular weight is 372 g/mol. The number of benzene rings is 3. The highest BCUT2D eigenvalue weighted by atomic mass is 16.6. The molecule has 0 aliphatic rings. The Labute approximate surface area is 161 Å². The third-order valence-electron chi connectivity index (χ3n) is 4.15. The van der Waals surface area contributed by atoms with E-state index in [1.807, 2.05) is 24.3 Å². The first-order chi connectivity index (χ1) is 13.6. The minimum atomic E-state index is -0.417. The summed E-state index contributed by atoms with van der Waals surface area (Å²) in [4.78, 5) is 21.5. The fraction of sp³-hybridized carbons (Fsp3) is 0. The summed E-state index contributed by atoms with van der Waals surface area (Å²) in [5.41, 5.74) is 2.76. The van der Waals surface area contributed by atoms with Crippen LogP contribution < -0.4 is 0 Å². The number of rotatable bonds is 6. The third kappa shape index (κ3) is 4.37. The van der Waals surface area contributed by atoms with Gasteiger partial charge in [-0.05, 0) is 35.4 Å². The van der Waals surface area contributed by atoms with Gasteiger partial charge in [-0.2, -0.15) is 0 Å². The molecule has 6 heteroatoms. The quantitative estimate of drug-likeness (QED) is 0.309. The van der Waals surface area contributed by atoms with Crippen molar-refractivity contribution >= 4 is 35.7 Å². The van der Waals surface area contributed by atoms with E-state index in [0.29, 0.717) is 11.1 Å². The average Bonchev–Trinajstić information content (AvgIpc) is 2.71. The Morgan fingerprint density at radius 2 is 0.786 bits per heavy atom. The van der Waals surface area contributed by atoms with E-state index in [9.17, 15) is 20.2 Å². The summed E-state index contributed by atoms with van der Waals surface area (Å²) in [6, 6.07) is 20.5. The Morgan fingerprint density at radius 3 is 1.14 bits per heavy atom. The van der Waals surface area contributed by atoms with Crippen LogP contribution in [0.25, 0.3) is 24.3 Å². The first-order valence-corrected chi connectivity index (χ1v) is 8.48. The molecule has 0 N–H and O–H groups in total. The van der Waals surface area contributed by atoms with Crippen molar-refractivity contribution in [3.05, 3.63) is 115 Å². The van der Waals surface area contributed by atoms with Gasteiger partial charge in [0.2, 0.25) is 0 Å². The molecule has 0 aromatic heterocycles. The Balaban J connectivity index is 1.93. The van der Waals surface area contributed by atoms with Crippen LogP contribution in [0.5, 0.6) is 0 Å². The van der Waals surface area contributed by atoms with Crippen molar-refractivity contribution in [2.75, 3.05) is 0 Å². The molecule has 3 aromatic carbocycles. The first kappa shape index (κ1) is 18.7. The highest BCUT2D eigenvalue weighted by molar-refractivity contribution is 5.82. The van der Waals surface area contributed by atoms with Gasteiger partial charge in [0.05, 0.1) is 21.0 Å². The Bertz CT molecular complexity index is 1000. The monoisotopic (exact) mass is 372 g/mol. The summed E-state index contributed by atoms with van der Waals surface area (Å²) < 4.78 is 0. The smallest absolute Gasteiger partial charge is 0.258 e. The number of hydrogen-bond acceptors (Lipinski definition) is 4. The van der Waals surface area contributed by atoms with Gasteiger partial charge in [-0.25, -0.2) is 0 Å². The van der Waals surface area contributed by atoms with Crippen LogP contribution in [0.3, 0.4) is 0 Å². The molecule has 138 valence electrons. The Hall–Kier alpha value is -4.06. The van der Waals surface area contributed by atoms with Gasteiger partial charge in [-0.3, -0.25) is 20.2 Å². The van der Waals surface area contributed by atoms with E-state index < -0.39 is 9.85 Å². The van der Waals surface area contributed by atoms with Gasteiger partial charge in [0, 0.05) is 12.1 Å². The molecule has 28 heavy (non-hydrogen) atoms. The van der Waals surface area contributed by atoms with Gasteiger partial charge in [0.25, 0.3) is 11.4 Å². The molecular weight excluding hydrogens is 356 g/mol. The lowest BCUT2D eigenvalue weighted by Gasteiger charge is -2.02. The molecule has 0 fully saturated rings. The van der Waals surface area contributed by atoms with Crippen molar-refractivity contribution in [1.82, 2.24) is 0 Å². The molecule has 0 saturated carbocycles. The number of hydrogen-bond donors (Lipinski definition) is 0. The van der Waals surface area contributed by atoms with Crippen molar-refractivity contribution in [2.45, 2.75) is 0 Å². The Kier molecular flexibility index (Phi) is 5.72. The van der Waals surface area contributed by atoms with Crippen molar-refractivity contribution in [2.24, 2.45) is 0 Å². The number of para-hydroxylation sites is 2. The number of nitrogens with zero attached hydrogens (tertiary/aromatic N) is 2. The van der Waals surface area contributed by atoms with Gasteiger partial charge in [0.1, 0.15) is 0 Å². The predicted molar refractivity (Wildman–Crippen MR) is 110 cm³/mol. The fourth-order valence-corrected chi connectivity index (χ4v) is 2.76. The zero-order valence-corrected chi connectivity index (χ0v) is 14.8. The molecular formula is C22H16N2O4. The van der Waals surface area contributed by atoms with E-state index in [1.54, 1.807) is 60.7 Å². The molecule has 0 aliphatic carbocycles. The van der Waals surface area contributed by atoms with E-state index >= 15 is 0 Å². The van der Waals surface area contributed by atoms with Crippen LogP contribution in [-0.2, 0) is 0 Å². The molecule has 0 amide bonds. The summed E-state index contributed by atoms with van der Waals surface area (Å²) in [5.74, 6) is 0. The molecule has 6 nitrogen and oxygen atoms in total. The highest BCUT2D eigenvalue weighted by Gasteiger charge is 2.10. The summed E-state index contributed by atoms with van der Waals surface area (Å²) in [6.45, 7) is 0. The topological polar surface area (TPSA) is 86.3 Å². The van der Waals surface area contributed by atoms with E-state index in [2.05, 4.69) is 0 Å². The molecule has 0 atom stereocenters. The van der Waals surface area contributed by atoms with Gasteiger partial charge in [0.15, 0.2) is 0 Å². The van der Waals surface area contributed by atoms with Crippen LogP contribution in [0.2, 0.25) is 0 Å². The lowest BCUT2D eigenvalue weighted by atomic mass is 10.0. The van der Waals surface area contributed by atoms with E-state index in [1.165, 1.54) is 12.1 Å². The lowest BCUT2D eigenvalue weighted by Crippen LogP contribution is -1.91. The lowest BCUT2D eigenvalue weighted by molar-refractivity contribution is -0.385. The second-order valence-electron chi connectivity index (χ2n) is 5.93. The van der Waals surface area contributed by atoms with Crippen LogP contribution in [0.1, 0.15) is 22.3 Å². The number of nitro groups is 2. The molecule has 0 bridgehead atoms. The zero-order valence-electron chi connectivity index (χ0n) is 14.8. The maximum atomic E-state index is 11.2. The van der Waals surface area contributed by atoms with E-state index in [4.69, 9.17) is 0 Å². The summed E-state index contributed by atoms with van der Waals surface area (Å²) in [5, 5.41) is 22.3. The van der Waals surface area contributed by atoms with Crippen LogP contribution in [0.15, 0.2) is 72.8 Å². The normalized spacial score (nSPS) is 11.1. The molecule has 0 radical (unpaired) electrons. The minimum Gasteiger partial charge on any atom is -0.258 e. The summed E-state index contributed by atoms with van der Waals surface area (Å²) in [7, 11) is 0. The van der Waals surface area contributed by atoms with Gasteiger partial charge < -0.3 is 0 Å². The molecule has 0 spiro atoms.